The summed E-state index contributed by atoms with van der Waals surface area (Å²) in [7, 11) is 0. The first kappa shape index (κ1) is 13.9. The molecule has 0 saturated heterocycles. The zero-order chi connectivity index (χ0) is 15.1. The molecular weight excluding hydrogens is 311 g/mol. The summed E-state index contributed by atoms with van der Waals surface area (Å²) < 4.78 is 0. The summed E-state index contributed by atoms with van der Waals surface area (Å²) in [4.78, 5) is 24.0. The fraction of sp³-hybridized carbons (Fsp3) is 0.0667. The van der Waals surface area contributed by atoms with Gasteiger partial charge >= 0.3 is 0 Å². The van der Waals surface area contributed by atoms with E-state index >= 15 is 0 Å². The Morgan fingerprint density at radius 3 is 2.67 bits per heavy atom. The van der Waals surface area contributed by atoms with Gasteiger partial charge in [-0.25, -0.2) is 0 Å². The minimum atomic E-state index is -0.356. The smallest absolute Gasteiger partial charge is 0.228 e. The van der Waals surface area contributed by atoms with E-state index in [0.717, 1.165) is 5.56 Å². The van der Waals surface area contributed by atoms with Gasteiger partial charge in [-0.1, -0.05) is 29.3 Å². The van der Waals surface area contributed by atoms with E-state index in [-0.39, 0.29) is 39.3 Å². The van der Waals surface area contributed by atoms with Crippen molar-refractivity contribution in [2.24, 2.45) is 0 Å². The minimum Gasteiger partial charge on any atom is -0.398 e. The Balaban J connectivity index is 2.11. The van der Waals surface area contributed by atoms with Gasteiger partial charge in [0.25, 0.3) is 0 Å². The highest BCUT2D eigenvalue weighted by molar-refractivity contribution is 6.39. The van der Waals surface area contributed by atoms with Gasteiger partial charge < -0.3 is 11.1 Å². The number of carbonyl (C=O) groups excluding carboxylic acids is 2. The van der Waals surface area contributed by atoms with Crippen LogP contribution in [0.5, 0.6) is 0 Å². The van der Waals surface area contributed by atoms with Gasteiger partial charge in [-0.05, 0) is 29.8 Å². The molecule has 3 N–H and O–H groups in total. The molecule has 0 unspecified atom stereocenters. The molecule has 1 aliphatic rings. The van der Waals surface area contributed by atoms with Gasteiger partial charge in [0.2, 0.25) is 5.91 Å². The topological polar surface area (TPSA) is 72.2 Å². The maximum Gasteiger partial charge on any atom is 0.228 e. The Morgan fingerprint density at radius 2 is 1.95 bits per heavy atom. The number of carbonyl (C=O) groups is 2. The third-order valence-electron chi connectivity index (χ3n) is 3.34. The number of nitrogens with one attached hydrogen (secondary N) is 1. The predicted octanol–water partition coefficient (Wildman–Crippen LogP) is 3.30. The molecule has 1 heterocycles. The molecule has 2 aromatic carbocycles. The van der Waals surface area contributed by atoms with E-state index in [1.54, 1.807) is 30.3 Å². The van der Waals surface area contributed by atoms with Gasteiger partial charge in [0, 0.05) is 16.9 Å². The zero-order valence-corrected chi connectivity index (χ0v) is 12.3. The van der Waals surface area contributed by atoms with Crippen LogP contribution >= 0.6 is 23.2 Å². The lowest BCUT2D eigenvalue weighted by Crippen LogP contribution is -2.07. The summed E-state index contributed by atoms with van der Waals surface area (Å²) in [5.41, 5.74) is 7.99. The summed E-state index contributed by atoms with van der Waals surface area (Å²) in [5, 5.41) is 3.20. The van der Waals surface area contributed by atoms with Crippen molar-refractivity contribution in [2.75, 3.05) is 11.1 Å². The lowest BCUT2D eigenvalue weighted by Gasteiger charge is -2.10. The van der Waals surface area contributed by atoms with Gasteiger partial charge in [-0.15, -0.1) is 0 Å². The van der Waals surface area contributed by atoms with Crippen LogP contribution in [0.2, 0.25) is 10.0 Å². The number of nitrogens with two attached hydrogens (primary N) is 1. The summed E-state index contributed by atoms with van der Waals surface area (Å²) in [6, 6.07) is 8.05. The SMILES string of the molecule is Nc1cccc(Cl)c1C(=O)c1cc2c(cc1Cl)NC(=O)C2. The first-order chi connectivity index (χ1) is 9.97. The number of hydrogen-bond donors (Lipinski definition) is 2. The Morgan fingerprint density at radius 1 is 1.19 bits per heavy atom. The average molecular weight is 321 g/mol. The van der Waals surface area contributed by atoms with Gasteiger partial charge in [0.05, 0.1) is 22.0 Å². The van der Waals surface area contributed by atoms with E-state index in [0.29, 0.717) is 11.4 Å². The van der Waals surface area contributed by atoms with E-state index < -0.39 is 0 Å². The van der Waals surface area contributed by atoms with Crippen LogP contribution in [0.3, 0.4) is 0 Å². The van der Waals surface area contributed by atoms with E-state index in [9.17, 15) is 9.59 Å². The van der Waals surface area contributed by atoms with Crippen molar-refractivity contribution in [3.63, 3.8) is 0 Å². The maximum absolute atomic E-state index is 12.6. The molecule has 3 rings (SSSR count). The van der Waals surface area contributed by atoms with Gasteiger partial charge in [0.15, 0.2) is 5.78 Å². The first-order valence-electron chi connectivity index (χ1n) is 6.18. The fourth-order valence-corrected chi connectivity index (χ4v) is 2.85. The van der Waals surface area contributed by atoms with Crippen molar-refractivity contribution in [1.29, 1.82) is 0 Å². The van der Waals surface area contributed by atoms with Crippen LogP contribution in [0.4, 0.5) is 11.4 Å². The summed E-state index contributed by atoms with van der Waals surface area (Å²) in [6.07, 6.45) is 0.227. The van der Waals surface area contributed by atoms with Gasteiger partial charge in [-0.3, -0.25) is 9.59 Å². The molecule has 0 atom stereocenters. The Hall–Kier alpha value is -2.04. The molecular formula is C15H10Cl2N2O2. The molecule has 0 saturated carbocycles. The van der Waals surface area contributed by atoms with Gasteiger partial charge in [0.1, 0.15) is 0 Å². The van der Waals surface area contributed by atoms with Crippen molar-refractivity contribution in [3.8, 4) is 0 Å². The predicted molar refractivity (Wildman–Crippen MR) is 83.1 cm³/mol. The quantitative estimate of drug-likeness (QED) is 0.658. The maximum atomic E-state index is 12.6. The number of anilines is 2. The van der Waals surface area contributed by atoms with Crippen molar-refractivity contribution >= 4 is 46.3 Å². The highest BCUT2D eigenvalue weighted by Gasteiger charge is 2.24. The molecule has 21 heavy (non-hydrogen) atoms. The van der Waals surface area contributed by atoms with Crippen molar-refractivity contribution in [3.05, 3.63) is 57.1 Å². The molecule has 4 nitrogen and oxygen atoms in total. The van der Waals surface area contributed by atoms with Crippen molar-refractivity contribution in [1.82, 2.24) is 0 Å². The fourth-order valence-electron chi connectivity index (χ4n) is 2.34. The zero-order valence-electron chi connectivity index (χ0n) is 10.7. The number of benzene rings is 2. The number of amides is 1. The second-order valence-electron chi connectivity index (χ2n) is 4.75. The summed E-state index contributed by atoms with van der Waals surface area (Å²) in [6.45, 7) is 0. The molecule has 0 aromatic heterocycles. The normalized spacial score (nSPS) is 13.0. The number of hydrogen-bond acceptors (Lipinski definition) is 3. The first-order valence-corrected chi connectivity index (χ1v) is 6.94. The van der Waals surface area contributed by atoms with E-state index in [1.807, 2.05) is 0 Å². The van der Waals surface area contributed by atoms with Crippen LogP contribution in [-0.2, 0) is 11.2 Å². The number of fused-ring (bicyclic) bond motifs is 1. The van der Waals surface area contributed by atoms with Crippen LogP contribution < -0.4 is 11.1 Å². The van der Waals surface area contributed by atoms with Gasteiger partial charge in [-0.2, -0.15) is 0 Å². The molecule has 0 radical (unpaired) electrons. The molecule has 106 valence electrons. The second kappa shape index (κ2) is 5.06. The van der Waals surface area contributed by atoms with Crippen LogP contribution in [0.15, 0.2) is 30.3 Å². The largest absolute Gasteiger partial charge is 0.398 e. The Bertz CT molecular complexity index is 767. The summed E-state index contributed by atoms with van der Waals surface area (Å²) in [5.74, 6) is -0.479. The molecule has 0 fully saturated rings. The van der Waals surface area contributed by atoms with E-state index in [2.05, 4.69) is 5.32 Å². The highest BCUT2D eigenvalue weighted by atomic mass is 35.5. The van der Waals surface area contributed by atoms with Crippen molar-refractivity contribution < 1.29 is 9.59 Å². The Kier molecular flexibility index (Phi) is 3.35. The average Bonchev–Trinajstić information content (AvgIpc) is 2.76. The minimum absolute atomic E-state index is 0.122. The number of nitrogen functional groups attached to an aromatic ring is 1. The molecule has 0 bridgehead atoms. The highest BCUT2D eigenvalue weighted by Crippen LogP contribution is 2.33. The lowest BCUT2D eigenvalue weighted by atomic mass is 9.99. The molecule has 2 aromatic rings. The van der Waals surface area contributed by atoms with Crippen LogP contribution in [0.25, 0.3) is 0 Å². The third-order valence-corrected chi connectivity index (χ3v) is 3.96. The van der Waals surface area contributed by atoms with Crippen LogP contribution in [-0.4, -0.2) is 11.7 Å². The van der Waals surface area contributed by atoms with Crippen LogP contribution in [0.1, 0.15) is 21.5 Å². The molecule has 1 amide bonds. The monoisotopic (exact) mass is 320 g/mol. The Labute approximate surface area is 130 Å². The standard InChI is InChI=1S/C15H10Cl2N2O2/c16-9-2-1-3-11(18)14(9)15(21)8-4-7-5-13(20)19-12(7)6-10(8)17/h1-4,6H,5,18H2,(H,19,20). The van der Waals surface area contributed by atoms with Crippen LogP contribution in [0, 0.1) is 0 Å². The molecule has 0 aliphatic carbocycles. The van der Waals surface area contributed by atoms with E-state index in [4.69, 9.17) is 28.9 Å². The van der Waals surface area contributed by atoms with Crippen molar-refractivity contribution in [2.45, 2.75) is 6.42 Å². The molecule has 6 heteroatoms. The number of ketones is 1. The second-order valence-corrected chi connectivity index (χ2v) is 5.56. The molecule has 1 aliphatic heterocycles. The molecule has 0 spiro atoms. The third kappa shape index (κ3) is 2.37. The lowest BCUT2D eigenvalue weighted by molar-refractivity contribution is -0.115. The number of halogens is 2. The summed E-state index contributed by atoms with van der Waals surface area (Å²) >= 11 is 12.2. The number of rotatable bonds is 2. The van der Waals surface area contributed by atoms with E-state index in [1.165, 1.54) is 0 Å².